The molecule has 1 aromatic heterocycles. The molecule has 0 aliphatic carbocycles. The molecule has 112 valence electrons. The van der Waals surface area contributed by atoms with Crippen molar-refractivity contribution in [3.05, 3.63) is 50.7 Å². The Kier molecular flexibility index (Phi) is 4.47. The van der Waals surface area contributed by atoms with Crippen LogP contribution in [0.1, 0.15) is 18.7 Å². The van der Waals surface area contributed by atoms with Crippen molar-refractivity contribution in [2.75, 3.05) is 19.0 Å². The van der Waals surface area contributed by atoms with E-state index in [-0.39, 0.29) is 16.0 Å². The minimum Gasteiger partial charge on any atom is -0.497 e. The van der Waals surface area contributed by atoms with E-state index in [1.807, 2.05) is 11.4 Å². The monoisotopic (exact) mass is 306 g/mol. The third-order valence-corrected chi connectivity index (χ3v) is 4.55. The SMILES string of the molecule is COc1ccc([N+](=O)[O-])c(NCC(C)(C)c2cccs2)c1. The van der Waals surface area contributed by atoms with Crippen LogP contribution >= 0.6 is 11.3 Å². The molecule has 21 heavy (non-hydrogen) atoms. The zero-order valence-electron chi connectivity index (χ0n) is 12.3. The number of nitrogens with zero attached hydrogens (tertiary/aromatic N) is 1. The van der Waals surface area contributed by atoms with Crippen LogP contribution in [-0.2, 0) is 5.41 Å². The number of hydrogen-bond donors (Lipinski definition) is 1. The van der Waals surface area contributed by atoms with E-state index in [0.717, 1.165) is 0 Å². The first-order valence-corrected chi connectivity index (χ1v) is 7.42. The maximum atomic E-state index is 11.1. The minimum atomic E-state index is -0.389. The van der Waals surface area contributed by atoms with Crippen molar-refractivity contribution >= 4 is 22.7 Å². The predicted molar refractivity (Wildman–Crippen MR) is 85.5 cm³/mol. The molecule has 0 bridgehead atoms. The van der Waals surface area contributed by atoms with Gasteiger partial charge in [0.2, 0.25) is 0 Å². The van der Waals surface area contributed by atoms with Crippen LogP contribution in [0.3, 0.4) is 0 Å². The molecule has 0 saturated carbocycles. The molecule has 0 atom stereocenters. The van der Waals surface area contributed by atoms with Crippen molar-refractivity contribution in [1.82, 2.24) is 0 Å². The molecule has 1 heterocycles. The van der Waals surface area contributed by atoms with Crippen molar-refractivity contribution in [3.8, 4) is 5.75 Å². The molecule has 0 aliphatic rings. The molecular weight excluding hydrogens is 288 g/mol. The molecule has 2 rings (SSSR count). The van der Waals surface area contributed by atoms with Gasteiger partial charge in [0.1, 0.15) is 11.4 Å². The van der Waals surface area contributed by atoms with Crippen molar-refractivity contribution in [1.29, 1.82) is 0 Å². The first kappa shape index (κ1) is 15.3. The Morgan fingerprint density at radius 2 is 2.14 bits per heavy atom. The van der Waals surface area contributed by atoms with Crippen molar-refractivity contribution in [3.63, 3.8) is 0 Å². The van der Waals surface area contributed by atoms with Crippen LogP contribution in [0.4, 0.5) is 11.4 Å². The summed E-state index contributed by atoms with van der Waals surface area (Å²) in [6.07, 6.45) is 0. The Hall–Kier alpha value is -2.08. The fourth-order valence-electron chi connectivity index (χ4n) is 2.01. The van der Waals surface area contributed by atoms with Gasteiger partial charge in [-0.2, -0.15) is 0 Å². The van der Waals surface area contributed by atoms with Gasteiger partial charge in [-0.1, -0.05) is 19.9 Å². The summed E-state index contributed by atoms with van der Waals surface area (Å²) in [5.74, 6) is 0.594. The summed E-state index contributed by atoms with van der Waals surface area (Å²) in [4.78, 5) is 11.9. The van der Waals surface area contributed by atoms with Crippen molar-refractivity contribution in [2.24, 2.45) is 0 Å². The van der Waals surface area contributed by atoms with Gasteiger partial charge in [0, 0.05) is 29.0 Å². The average molecular weight is 306 g/mol. The lowest BCUT2D eigenvalue weighted by Gasteiger charge is -2.24. The Balaban J connectivity index is 2.21. The van der Waals surface area contributed by atoms with Gasteiger partial charge in [0.25, 0.3) is 5.69 Å². The molecule has 1 N–H and O–H groups in total. The van der Waals surface area contributed by atoms with Crippen LogP contribution < -0.4 is 10.1 Å². The van der Waals surface area contributed by atoms with E-state index in [9.17, 15) is 10.1 Å². The van der Waals surface area contributed by atoms with E-state index >= 15 is 0 Å². The van der Waals surface area contributed by atoms with E-state index in [0.29, 0.717) is 18.0 Å². The van der Waals surface area contributed by atoms with E-state index in [1.165, 1.54) is 10.9 Å². The Bertz CT molecular complexity index is 624. The van der Waals surface area contributed by atoms with Gasteiger partial charge < -0.3 is 10.1 Å². The lowest BCUT2D eigenvalue weighted by molar-refractivity contribution is -0.384. The highest BCUT2D eigenvalue weighted by Gasteiger charge is 2.23. The molecule has 0 radical (unpaired) electrons. The highest BCUT2D eigenvalue weighted by Crippen LogP contribution is 2.32. The zero-order valence-corrected chi connectivity index (χ0v) is 13.1. The molecule has 0 unspecified atom stereocenters. The van der Waals surface area contributed by atoms with Crippen LogP contribution in [0.2, 0.25) is 0 Å². The first-order valence-electron chi connectivity index (χ1n) is 6.54. The molecule has 0 amide bonds. The number of thiophene rings is 1. The largest absolute Gasteiger partial charge is 0.497 e. The van der Waals surface area contributed by atoms with Crippen LogP contribution in [0.15, 0.2) is 35.7 Å². The van der Waals surface area contributed by atoms with Gasteiger partial charge in [-0.05, 0) is 17.5 Å². The Morgan fingerprint density at radius 3 is 2.71 bits per heavy atom. The second-order valence-corrected chi connectivity index (χ2v) is 6.30. The summed E-state index contributed by atoms with van der Waals surface area (Å²) in [6, 6.07) is 8.79. The summed E-state index contributed by atoms with van der Waals surface area (Å²) in [7, 11) is 1.54. The summed E-state index contributed by atoms with van der Waals surface area (Å²) in [5, 5.41) is 16.3. The highest BCUT2D eigenvalue weighted by atomic mass is 32.1. The second kappa shape index (κ2) is 6.13. The smallest absolute Gasteiger partial charge is 0.292 e. The number of anilines is 1. The Morgan fingerprint density at radius 1 is 1.38 bits per heavy atom. The fourth-order valence-corrected chi connectivity index (χ4v) is 2.86. The summed E-state index contributed by atoms with van der Waals surface area (Å²) < 4.78 is 5.13. The lowest BCUT2D eigenvalue weighted by atomic mass is 9.91. The normalized spacial score (nSPS) is 11.2. The number of benzene rings is 1. The standard InChI is InChI=1S/C15H18N2O3S/c1-15(2,14-5-4-8-21-14)10-16-12-9-11(20-3)6-7-13(12)17(18)19/h4-9,16H,10H2,1-3H3. The van der Waals surface area contributed by atoms with Crippen LogP contribution in [0, 0.1) is 10.1 Å². The number of nitro benzene ring substituents is 1. The summed E-state index contributed by atoms with van der Waals surface area (Å²) in [5.41, 5.74) is 0.423. The summed E-state index contributed by atoms with van der Waals surface area (Å²) >= 11 is 1.68. The lowest BCUT2D eigenvalue weighted by Crippen LogP contribution is -2.26. The first-order chi connectivity index (χ1) is 9.94. The van der Waals surface area contributed by atoms with Gasteiger partial charge in [-0.25, -0.2) is 0 Å². The number of nitro groups is 1. The van der Waals surface area contributed by atoms with E-state index in [4.69, 9.17) is 4.74 Å². The third kappa shape index (κ3) is 3.52. The quantitative estimate of drug-likeness (QED) is 0.646. The molecule has 0 saturated heterocycles. The molecule has 0 spiro atoms. The summed E-state index contributed by atoms with van der Waals surface area (Å²) in [6.45, 7) is 4.82. The molecule has 1 aromatic carbocycles. The van der Waals surface area contributed by atoms with E-state index in [2.05, 4.69) is 25.2 Å². The average Bonchev–Trinajstić information content (AvgIpc) is 2.99. The number of methoxy groups -OCH3 is 1. The Labute approximate surface area is 127 Å². The number of nitrogens with one attached hydrogen (secondary N) is 1. The molecule has 2 aromatic rings. The van der Waals surface area contributed by atoms with Gasteiger partial charge in [0.15, 0.2) is 0 Å². The highest BCUT2D eigenvalue weighted by molar-refractivity contribution is 7.10. The van der Waals surface area contributed by atoms with Gasteiger partial charge in [0.05, 0.1) is 12.0 Å². The van der Waals surface area contributed by atoms with Crippen LogP contribution in [0.5, 0.6) is 5.75 Å². The maximum Gasteiger partial charge on any atom is 0.292 e. The minimum absolute atomic E-state index is 0.0535. The molecule has 0 fully saturated rings. The molecule has 5 nitrogen and oxygen atoms in total. The second-order valence-electron chi connectivity index (χ2n) is 5.35. The topological polar surface area (TPSA) is 64.4 Å². The predicted octanol–water partition coefficient (Wildman–Crippen LogP) is 4.05. The number of rotatable bonds is 6. The van der Waals surface area contributed by atoms with E-state index in [1.54, 1.807) is 30.6 Å². The third-order valence-electron chi connectivity index (χ3n) is 3.31. The van der Waals surface area contributed by atoms with Gasteiger partial charge >= 0.3 is 0 Å². The maximum absolute atomic E-state index is 11.1. The molecule has 0 aliphatic heterocycles. The fraction of sp³-hybridized carbons (Fsp3) is 0.333. The zero-order chi connectivity index (χ0) is 15.5. The molecule has 6 heteroatoms. The van der Waals surface area contributed by atoms with Gasteiger partial charge in [-0.15, -0.1) is 11.3 Å². The van der Waals surface area contributed by atoms with Gasteiger partial charge in [-0.3, -0.25) is 10.1 Å². The number of ether oxygens (including phenoxy) is 1. The molecular formula is C15H18N2O3S. The number of hydrogen-bond acceptors (Lipinski definition) is 5. The van der Waals surface area contributed by atoms with Crippen molar-refractivity contribution in [2.45, 2.75) is 19.3 Å². The van der Waals surface area contributed by atoms with Crippen LogP contribution in [-0.4, -0.2) is 18.6 Å². The van der Waals surface area contributed by atoms with Crippen LogP contribution in [0.25, 0.3) is 0 Å². The van der Waals surface area contributed by atoms with Crippen molar-refractivity contribution < 1.29 is 9.66 Å². The van der Waals surface area contributed by atoms with E-state index < -0.39 is 0 Å².